The van der Waals surface area contributed by atoms with Gasteiger partial charge in [0.1, 0.15) is 12.4 Å². The van der Waals surface area contributed by atoms with Gasteiger partial charge in [-0.15, -0.1) is 0 Å². The molecule has 27 heavy (non-hydrogen) atoms. The molecule has 0 radical (unpaired) electrons. The van der Waals surface area contributed by atoms with Crippen LogP contribution >= 0.6 is 11.6 Å². The number of guanidine groups is 1. The molecule has 2 aromatic carbocycles. The van der Waals surface area contributed by atoms with Crippen LogP contribution in [0.25, 0.3) is 0 Å². The third-order valence-corrected chi connectivity index (χ3v) is 4.74. The Bertz CT molecular complexity index is 932. The minimum atomic E-state index is -3.48. The number of rotatable bonds is 6. The first kappa shape index (κ1) is 19.5. The van der Waals surface area contributed by atoms with Gasteiger partial charge in [0, 0.05) is 10.7 Å². The van der Waals surface area contributed by atoms with Crippen LogP contribution in [-0.2, 0) is 10.0 Å². The summed E-state index contributed by atoms with van der Waals surface area (Å²) in [7, 11) is -3.48. The van der Waals surface area contributed by atoms with Crippen molar-refractivity contribution in [2.45, 2.75) is 6.04 Å². The van der Waals surface area contributed by atoms with Crippen LogP contribution in [0, 0.1) is 0 Å². The van der Waals surface area contributed by atoms with Crippen LogP contribution in [0.4, 0.5) is 5.69 Å². The quantitative estimate of drug-likeness (QED) is 0.763. The summed E-state index contributed by atoms with van der Waals surface area (Å²) in [4.78, 5) is 6.21. The second-order valence-corrected chi connectivity index (χ2v) is 8.23. The highest BCUT2D eigenvalue weighted by Gasteiger charge is 2.32. The number of benzene rings is 2. The summed E-state index contributed by atoms with van der Waals surface area (Å²) in [5.74, 6) is 0.883. The first-order valence-corrected chi connectivity index (χ1v) is 10.5. The Kier molecular flexibility index (Phi) is 5.88. The van der Waals surface area contributed by atoms with Crippen molar-refractivity contribution < 1.29 is 18.3 Å². The van der Waals surface area contributed by atoms with Gasteiger partial charge in [0.25, 0.3) is 0 Å². The molecule has 3 rings (SSSR count). The number of nitrogens with zero attached hydrogens (tertiary/aromatic N) is 2. The van der Waals surface area contributed by atoms with E-state index >= 15 is 0 Å². The number of aliphatic hydroxyl groups is 1. The van der Waals surface area contributed by atoms with Crippen molar-refractivity contribution in [2.75, 3.05) is 30.9 Å². The van der Waals surface area contributed by atoms with Crippen molar-refractivity contribution in [2.24, 2.45) is 4.99 Å². The van der Waals surface area contributed by atoms with Crippen LogP contribution in [0.2, 0.25) is 5.02 Å². The predicted octanol–water partition coefficient (Wildman–Crippen LogP) is 2.18. The number of hydrogen-bond acceptors (Lipinski definition) is 6. The maximum atomic E-state index is 11.8. The number of aliphatic imine (C=N–C) groups is 1. The van der Waals surface area contributed by atoms with E-state index in [1.54, 1.807) is 18.2 Å². The number of aliphatic hydroxyl groups excluding tert-OH is 1. The highest BCUT2D eigenvalue weighted by molar-refractivity contribution is 7.89. The SMILES string of the molecule is CS(=O)(=O)NC1=NC[C@H](c2cccc(OCCO)c2)N1c1ccc(Cl)cc1. The fraction of sp³-hybridized carbons (Fsp3) is 0.278. The van der Waals surface area contributed by atoms with Crippen molar-refractivity contribution in [1.82, 2.24) is 4.72 Å². The summed E-state index contributed by atoms with van der Waals surface area (Å²) in [5, 5.41) is 9.52. The minimum Gasteiger partial charge on any atom is -0.491 e. The number of hydrogen-bond donors (Lipinski definition) is 2. The van der Waals surface area contributed by atoms with Crippen LogP contribution in [0.3, 0.4) is 0 Å². The highest BCUT2D eigenvalue weighted by atomic mass is 35.5. The summed E-state index contributed by atoms with van der Waals surface area (Å²) < 4.78 is 31.5. The highest BCUT2D eigenvalue weighted by Crippen LogP contribution is 2.33. The number of ether oxygens (including phenoxy) is 1. The number of halogens is 1. The summed E-state index contributed by atoms with van der Waals surface area (Å²) in [5.41, 5.74) is 1.67. The van der Waals surface area contributed by atoms with Gasteiger partial charge in [0.2, 0.25) is 16.0 Å². The summed E-state index contributed by atoms with van der Waals surface area (Å²) in [6.07, 6.45) is 1.09. The molecule has 0 saturated carbocycles. The van der Waals surface area contributed by atoms with E-state index in [1.807, 2.05) is 35.2 Å². The second kappa shape index (κ2) is 8.16. The van der Waals surface area contributed by atoms with Crippen LogP contribution in [0.5, 0.6) is 5.75 Å². The third-order valence-electron chi connectivity index (χ3n) is 3.94. The third kappa shape index (κ3) is 4.91. The molecule has 7 nitrogen and oxygen atoms in total. The first-order valence-electron chi connectivity index (χ1n) is 8.28. The van der Waals surface area contributed by atoms with E-state index in [4.69, 9.17) is 21.4 Å². The predicted molar refractivity (Wildman–Crippen MR) is 106 cm³/mol. The molecule has 0 unspecified atom stereocenters. The summed E-state index contributed by atoms with van der Waals surface area (Å²) >= 11 is 5.99. The van der Waals surface area contributed by atoms with E-state index in [0.29, 0.717) is 17.3 Å². The van der Waals surface area contributed by atoms with Crippen LogP contribution in [0.15, 0.2) is 53.5 Å². The van der Waals surface area contributed by atoms with Crippen molar-refractivity contribution in [3.05, 3.63) is 59.1 Å². The fourth-order valence-corrected chi connectivity index (χ4v) is 3.48. The van der Waals surface area contributed by atoms with Crippen molar-refractivity contribution >= 4 is 33.3 Å². The lowest BCUT2D eigenvalue weighted by molar-refractivity contribution is 0.201. The molecule has 2 aromatic rings. The van der Waals surface area contributed by atoms with Gasteiger partial charge in [-0.25, -0.2) is 13.4 Å². The number of nitrogens with one attached hydrogen (secondary N) is 1. The maximum absolute atomic E-state index is 11.8. The standard InChI is InChI=1S/C18H20ClN3O4S/c1-27(24,25)21-18-20-12-17(22(18)15-7-5-14(19)6-8-15)13-3-2-4-16(11-13)26-10-9-23/h2-8,11,17,23H,9-10,12H2,1H3,(H,20,21)/t17-/m1/s1. The lowest BCUT2D eigenvalue weighted by atomic mass is 10.1. The van der Waals surface area contributed by atoms with Gasteiger partial charge in [0.15, 0.2) is 0 Å². The molecule has 1 aliphatic heterocycles. The molecule has 0 aliphatic carbocycles. The Labute approximate surface area is 163 Å². The molecule has 9 heteroatoms. The minimum absolute atomic E-state index is 0.0733. The molecule has 1 heterocycles. The molecular formula is C18H20ClN3O4S. The number of anilines is 1. The first-order chi connectivity index (χ1) is 12.9. The molecule has 0 fully saturated rings. The molecule has 0 saturated heterocycles. The van der Waals surface area contributed by atoms with Gasteiger partial charge in [0.05, 0.1) is 25.4 Å². The average Bonchev–Trinajstić information content (AvgIpc) is 3.02. The molecular weight excluding hydrogens is 390 g/mol. The average molecular weight is 410 g/mol. The van der Waals surface area contributed by atoms with Crippen LogP contribution in [-0.4, -0.2) is 45.5 Å². The number of sulfonamides is 1. The maximum Gasteiger partial charge on any atom is 0.232 e. The topological polar surface area (TPSA) is 91.2 Å². The fourth-order valence-electron chi connectivity index (χ4n) is 2.86. The van der Waals surface area contributed by atoms with E-state index in [2.05, 4.69) is 9.71 Å². The van der Waals surface area contributed by atoms with E-state index in [0.717, 1.165) is 17.5 Å². The molecule has 2 N–H and O–H groups in total. The molecule has 144 valence electrons. The molecule has 1 aliphatic rings. The van der Waals surface area contributed by atoms with Gasteiger partial charge < -0.3 is 14.7 Å². The molecule has 0 aromatic heterocycles. The van der Waals surface area contributed by atoms with Gasteiger partial charge in [-0.2, -0.15) is 0 Å². The van der Waals surface area contributed by atoms with Gasteiger partial charge in [-0.05, 0) is 42.0 Å². The Morgan fingerprint density at radius 2 is 2.04 bits per heavy atom. The molecule has 0 amide bonds. The summed E-state index contributed by atoms with van der Waals surface area (Å²) in [6, 6.07) is 14.3. The van der Waals surface area contributed by atoms with E-state index in [9.17, 15) is 8.42 Å². The zero-order chi connectivity index (χ0) is 19.4. The molecule has 1 atom stereocenters. The second-order valence-electron chi connectivity index (χ2n) is 6.05. The zero-order valence-electron chi connectivity index (χ0n) is 14.7. The summed E-state index contributed by atoms with van der Waals surface area (Å²) in [6.45, 7) is 0.506. The van der Waals surface area contributed by atoms with E-state index in [-0.39, 0.29) is 25.2 Å². The van der Waals surface area contributed by atoms with Gasteiger partial charge >= 0.3 is 0 Å². The Morgan fingerprint density at radius 3 is 2.70 bits per heavy atom. The largest absolute Gasteiger partial charge is 0.491 e. The van der Waals surface area contributed by atoms with Gasteiger partial charge in [-0.3, -0.25) is 4.72 Å². The van der Waals surface area contributed by atoms with Crippen LogP contribution < -0.4 is 14.4 Å². The van der Waals surface area contributed by atoms with Crippen LogP contribution in [0.1, 0.15) is 11.6 Å². The molecule has 0 bridgehead atoms. The Hall–Kier alpha value is -2.29. The normalized spacial score (nSPS) is 16.9. The Morgan fingerprint density at radius 1 is 1.30 bits per heavy atom. The van der Waals surface area contributed by atoms with Gasteiger partial charge in [-0.1, -0.05) is 23.7 Å². The van der Waals surface area contributed by atoms with Crippen molar-refractivity contribution in [3.8, 4) is 5.75 Å². The lowest BCUT2D eigenvalue weighted by Crippen LogP contribution is -2.42. The smallest absolute Gasteiger partial charge is 0.232 e. The molecule has 0 spiro atoms. The zero-order valence-corrected chi connectivity index (χ0v) is 16.2. The Balaban J connectivity index is 1.95. The monoisotopic (exact) mass is 409 g/mol. The van der Waals surface area contributed by atoms with E-state index in [1.165, 1.54) is 0 Å². The van der Waals surface area contributed by atoms with Crippen molar-refractivity contribution in [3.63, 3.8) is 0 Å². The lowest BCUT2D eigenvalue weighted by Gasteiger charge is -2.28. The van der Waals surface area contributed by atoms with Crippen molar-refractivity contribution in [1.29, 1.82) is 0 Å². The van der Waals surface area contributed by atoms with E-state index < -0.39 is 10.0 Å².